The van der Waals surface area contributed by atoms with Crippen LogP contribution < -0.4 is 20.7 Å². The lowest BCUT2D eigenvalue weighted by Gasteiger charge is -2.33. The Hall–Kier alpha value is -1.63. The summed E-state index contributed by atoms with van der Waals surface area (Å²) in [5, 5.41) is 20.3. The zero-order chi connectivity index (χ0) is 28.7. The molecule has 5 N–H and O–H groups in total. The Bertz CT molecular complexity index is 1210. The van der Waals surface area contributed by atoms with E-state index in [0.29, 0.717) is 44.7 Å². The molecule has 1 aromatic heterocycles. The highest BCUT2D eigenvalue weighted by atomic mass is 32.2. The Morgan fingerprint density at radius 1 is 1.15 bits per heavy atom. The van der Waals surface area contributed by atoms with Crippen molar-refractivity contribution in [2.45, 2.75) is 108 Å². The molecular formula is C29H47N5O4S2. The van der Waals surface area contributed by atoms with Gasteiger partial charge in [0.25, 0.3) is 0 Å². The molecule has 2 heterocycles. The van der Waals surface area contributed by atoms with E-state index in [4.69, 9.17) is 4.98 Å². The molecule has 1 aliphatic carbocycles. The Labute approximate surface area is 243 Å². The van der Waals surface area contributed by atoms with Gasteiger partial charge in [-0.2, -0.15) is 0 Å². The number of aliphatic hydroxyl groups excluding tert-OH is 1. The van der Waals surface area contributed by atoms with E-state index in [-0.39, 0.29) is 24.4 Å². The number of carbonyl (C=O) groups excluding carboxylic acids is 1. The van der Waals surface area contributed by atoms with Crippen molar-refractivity contribution in [3.8, 4) is 0 Å². The predicted octanol–water partition coefficient (Wildman–Crippen LogP) is 3.39. The molecule has 2 aliphatic rings. The molecule has 2 fully saturated rings. The predicted molar refractivity (Wildman–Crippen MR) is 162 cm³/mol. The lowest BCUT2D eigenvalue weighted by atomic mass is 9.83. The number of hydrogen-bond donors (Lipinski definition) is 5. The minimum absolute atomic E-state index is 0.185. The van der Waals surface area contributed by atoms with Gasteiger partial charge in [-0.1, -0.05) is 46.1 Å². The number of piperidine rings is 1. The number of benzene rings is 1. The largest absolute Gasteiger partial charge is 0.379 e. The summed E-state index contributed by atoms with van der Waals surface area (Å²) in [6.07, 6.45) is 6.43. The molecule has 4 rings (SSSR count). The summed E-state index contributed by atoms with van der Waals surface area (Å²) in [4.78, 5) is 18.5. The maximum Gasteiger partial charge on any atom is 0.237 e. The second-order valence-electron chi connectivity index (χ2n) is 11.7. The van der Waals surface area contributed by atoms with Gasteiger partial charge in [0.05, 0.1) is 26.5 Å². The molecule has 0 bridgehead atoms. The zero-order valence-corrected chi connectivity index (χ0v) is 25.8. The quantitative estimate of drug-likeness (QED) is 0.225. The summed E-state index contributed by atoms with van der Waals surface area (Å²) in [6, 6.07) is 5.29. The van der Waals surface area contributed by atoms with Gasteiger partial charge in [-0.3, -0.25) is 10.1 Å². The Morgan fingerprint density at radius 2 is 1.88 bits per heavy atom. The number of nitrogens with zero attached hydrogens (tertiary/aromatic N) is 1. The Kier molecular flexibility index (Phi) is 11.4. The van der Waals surface area contributed by atoms with Crippen LogP contribution in [0.15, 0.2) is 18.2 Å². The van der Waals surface area contributed by atoms with E-state index in [2.05, 4.69) is 46.7 Å². The van der Waals surface area contributed by atoms with Crippen LogP contribution in [-0.2, 0) is 21.2 Å². The summed E-state index contributed by atoms with van der Waals surface area (Å²) in [7, 11) is -3.47. The number of nitrogens with one attached hydrogen (secondary N) is 4. The number of rotatable bonds is 13. The summed E-state index contributed by atoms with van der Waals surface area (Å²) < 4.78 is 30.1. The molecule has 40 heavy (non-hydrogen) atoms. The molecule has 3 atom stereocenters. The van der Waals surface area contributed by atoms with E-state index in [1.54, 1.807) is 11.3 Å². The smallest absolute Gasteiger partial charge is 0.237 e. The lowest BCUT2D eigenvalue weighted by Crippen LogP contribution is -2.56. The van der Waals surface area contributed by atoms with Gasteiger partial charge in [0, 0.05) is 19.0 Å². The topological polar surface area (TPSA) is 132 Å². The van der Waals surface area contributed by atoms with Crippen molar-refractivity contribution in [3.63, 3.8) is 0 Å². The summed E-state index contributed by atoms with van der Waals surface area (Å²) in [5.74, 6) is 0.395. The lowest BCUT2D eigenvalue weighted by molar-refractivity contribution is -0.125. The first kappa shape index (κ1) is 31.3. The number of fused-ring (bicyclic) bond motifs is 1. The highest BCUT2D eigenvalue weighted by Crippen LogP contribution is 2.28. The summed E-state index contributed by atoms with van der Waals surface area (Å²) in [5.41, 5.74) is 2.16. The molecule has 1 aromatic carbocycles. The van der Waals surface area contributed by atoms with Gasteiger partial charge in [0.2, 0.25) is 15.9 Å². The van der Waals surface area contributed by atoms with E-state index < -0.39 is 27.5 Å². The van der Waals surface area contributed by atoms with Crippen LogP contribution in [0.25, 0.3) is 10.2 Å². The molecule has 1 amide bonds. The number of sulfonamides is 1. The molecule has 2 aromatic rings. The van der Waals surface area contributed by atoms with E-state index >= 15 is 0 Å². The molecular weight excluding hydrogens is 546 g/mol. The average molecular weight is 594 g/mol. The molecule has 1 saturated heterocycles. The third kappa shape index (κ3) is 8.45. The fraction of sp³-hybridized carbons (Fsp3) is 0.724. The van der Waals surface area contributed by atoms with Crippen LogP contribution in [0.3, 0.4) is 0 Å². The Morgan fingerprint density at radius 3 is 2.55 bits per heavy atom. The molecule has 224 valence electrons. The molecule has 1 aliphatic heterocycles. The highest BCUT2D eigenvalue weighted by Gasteiger charge is 2.32. The number of thiazole rings is 1. The van der Waals surface area contributed by atoms with Crippen LogP contribution in [0.5, 0.6) is 0 Å². The number of aliphatic hydroxyl groups is 1. The van der Waals surface area contributed by atoms with Crippen molar-refractivity contribution in [3.05, 3.63) is 28.8 Å². The SMILES string of the molecule is CCC(O)N[C@@H](Cc1nc2ccc(C(C)C)cc2s1)C(=O)N[C@H](CNS(=O)(=O)C1CCNCC1)C1CCCCC1. The van der Waals surface area contributed by atoms with Crippen LogP contribution in [-0.4, -0.2) is 67.6 Å². The second kappa shape index (κ2) is 14.5. The maximum atomic E-state index is 13.7. The first-order chi connectivity index (χ1) is 19.2. The standard InChI is InChI=1S/C29H47N5O4S2/c1-4-27(35)32-24(17-28-33-23-11-10-21(19(2)3)16-26(23)39-28)29(36)34-25(20-8-6-5-7-9-20)18-31-40(37,38)22-12-14-30-15-13-22/h10-11,16,19-20,22,24-25,27,30-32,35H,4-9,12-15,17-18H2,1-3H3,(H,34,36)/t24-,25+,27?/m0/s1. The molecule has 1 saturated carbocycles. The number of hydrogen-bond acceptors (Lipinski definition) is 8. The van der Waals surface area contributed by atoms with Gasteiger partial charge in [-0.25, -0.2) is 18.1 Å². The van der Waals surface area contributed by atoms with Crippen LogP contribution in [0, 0.1) is 5.92 Å². The molecule has 11 heteroatoms. The van der Waals surface area contributed by atoms with Crippen LogP contribution in [0.2, 0.25) is 0 Å². The van der Waals surface area contributed by atoms with Crippen molar-refractivity contribution >= 4 is 37.5 Å². The zero-order valence-electron chi connectivity index (χ0n) is 24.1. The fourth-order valence-corrected chi connectivity index (χ4v) is 8.34. The van der Waals surface area contributed by atoms with Crippen LogP contribution in [0.1, 0.15) is 88.6 Å². The van der Waals surface area contributed by atoms with Crippen LogP contribution in [0.4, 0.5) is 0 Å². The average Bonchev–Trinajstić information content (AvgIpc) is 3.37. The third-order valence-electron chi connectivity index (χ3n) is 8.37. The van der Waals surface area contributed by atoms with Crippen LogP contribution >= 0.6 is 11.3 Å². The van der Waals surface area contributed by atoms with Gasteiger partial charge >= 0.3 is 0 Å². The van der Waals surface area contributed by atoms with Crippen molar-refractivity contribution in [2.24, 2.45) is 5.92 Å². The molecule has 0 radical (unpaired) electrons. The molecule has 9 nitrogen and oxygen atoms in total. The van der Waals surface area contributed by atoms with E-state index in [9.17, 15) is 18.3 Å². The minimum Gasteiger partial charge on any atom is -0.379 e. The first-order valence-electron chi connectivity index (χ1n) is 15.0. The first-order valence-corrected chi connectivity index (χ1v) is 17.4. The Balaban J connectivity index is 1.49. The van der Waals surface area contributed by atoms with Crippen molar-refractivity contribution < 1.29 is 18.3 Å². The van der Waals surface area contributed by atoms with Crippen molar-refractivity contribution in [2.75, 3.05) is 19.6 Å². The summed E-state index contributed by atoms with van der Waals surface area (Å²) >= 11 is 1.58. The summed E-state index contributed by atoms with van der Waals surface area (Å²) in [6.45, 7) is 7.77. The van der Waals surface area contributed by atoms with Gasteiger partial charge in [0.15, 0.2) is 0 Å². The normalized spacial score (nSPS) is 20.0. The fourth-order valence-electron chi connectivity index (χ4n) is 5.77. The number of carbonyl (C=O) groups is 1. The van der Waals surface area contributed by atoms with Gasteiger partial charge in [-0.05, 0) is 74.7 Å². The maximum absolute atomic E-state index is 13.7. The van der Waals surface area contributed by atoms with Gasteiger partial charge in [-0.15, -0.1) is 11.3 Å². The monoisotopic (exact) mass is 593 g/mol. The van der Waals surface area contributed by atoms with E-state index in [1.165, 1.54) is 12.0 Å². The van der Waals surface area contributed by atoms with Crippen molar-refractivity contribution in [1.82, 2.24) is 25.7 Å². The molecule has 1 unspecified atom stereocenters. The number of amides is 1. The molecule has 0 spiro atoms. The minimum atomic E-state index is -3.47. The number of aromatic nitrogens is 1. The van der Waals surface area contributed by atoms with Gasteiger partial charge in [0.1, 0.15) is 6.23 Å². The third-order valence-corrected chi connectivity index (χ3v) is 11.3. The van der Waals surface area contributed by atoms with Crippen molar-refractivity contribution in [1.29, 1.82) is 0 Å². The van der Waals surface area contributed by atoms with E-state index in [0.717, 1.165) is 40.9 Å². The second-order valence-corrected chi connectivity index (χ2v) is 14.9. The highest BCUT2D eigenvalue weighted by molar-refractivity contribution is 7.90. The van der Waals surface area contributed by atoms with E-state index in [1.807, 2.05) is 13.0 Å². The van der Waals surface area contributed by atoms with Gasteiger partial charge < -0.3 is 15.7 Å².